The largest absolute Gasteiger partial charge is 0.469 e. The standard InChI is InChI=1S/C20H26N2O2/c1-24-19(23)8-4-12-22-13-5-10-20(22)11-9-18-16(14-20)15-6-2-3-7-17(15)21-18/h2-3,6-7,21H,4-5,8-14H2,1H3. The predicted molar refractivity (Wildman–Crippen MR) is 95.1 cm³/mol. The van der Waals surface area contributed by atoms with Crippen LogP contribution >= 0.6 is 0 Å². The van der Waals surface area contributed by atoms with Gasteiger partial charge in [-0.3, -0.25) is 9.69 Å². The van der Waals surface area contributed by atoms with Gasteiger partial charge in [0.05, 0.1) is 7.11 Å². The number of nitrogens with one attached hydrogen (secondary N) is 1. The van der Waals surface area contributed by atoms with Crippen molar-refractivity contribution in [2.24, 2.45) is 0 Å². The Morgan fingerprint density at radius 3 is 3.08 bits per heavy atom. The Bertz CT molecular complexity index is 751. The van der Waals surface area contributed by atoms with Crippen LogP contribution < -0.4 is 0 Å². The summed E-state index contributed by atoms with van der Waals surface area (Å²) in [6.07, 6.45) is 7.49. The van der Waals surface area contributed by atoms with E-state index in [2.05, 4.69) is 34.1 Å². The molecular weight excluding hydrogens is 300 g/mol. The first-order valence-electron chi connectivity index (χ1n) is 9.12. The summed E-state index contributed by atoms with van der Waals surface area (Å²) in [5, 5.41) is 1.40. The third-order valence-corrected chi connectivity index (χ3v) is 6.03. The summed E-state index contributed by atoms with van der Waals surface area (Å²) >= 11 is 0. The van der Waals surface area contributed by atoms with Crippen molar-refractivity contribution in [3.63, 3.8) is 0 Å². The molecular formula is C20H26N2O2. The number of aromatic amines is 1. The van der Waals surface area contributed by atoms with Gasteiger partial charge in [-0.25, -0.2) is 0 Å². The molecule has 4 heteroatoms. The van der Waals surface area contributed by atoms with Crippen LogP contribution in [0.15, 0.2) is 24.3 Å². The van der Waals surface area contributed by atoms with E-state index >= 15 is 0 Å². The third kappa shape index (κ3) is 2.63. The minimum absolute atomic E-state index is 0.0918. The van der Waals surface area contributed by atoms with E-state index in [9.17, 15) is 4.79 Å². The molecule has 1 aromatic heterocycles. The number of likely N-dealkylation sites (tertiary alicyclic amines) is 1. The highest BCUT2D eigenvalue weighted by atomic mass is 16.5. The van der Waals surface area contributed by atoms with E-state index in [1.165, 1.54) is 55.1 Å². The van der Waals surface area contributed by atoms with E-state index in [0.29, 0.717) is 12.0 Å². The lowest BCUT2D eigenvalue weighted by atomic mass is 9.78. The lowest BCUT2D eigenvalue weighted by Gasteiger charge is -2.42. The van der Waals surface area contributed by atoms with Crippen LogP contribution in [0.1, 0.15) is 43.4 Å². The highest BCUT2D eigenvalue weighted by Crippen LogP contribution is 2.42. The fourth-order valence-corrected chi connectivity index (χ4v) is 4.79. The number of hydrogen-bond donors (Lipinski definition) is 1. The first-order valence-corrected chi connectivity index (χ1v) is 9.12. The van der Waals surface area contributed by atoms with Crippen molar-refractivity contribution in [2.75, 3.05) is 20.2 Å². The topological polar surface area (TPSA) is 45.3 Å². The van der Waals surface area contributed by atoms with Crippen molar-refractivity contribution in [3.8, 4) is 0 Å². The van der Waals surface area contributed by atoms with Gasteiger partial charge in [0, 0.05) is 28.6 Å². The molecule has 4 rings (SSSR count). The number of nitrogens with zero attached hydrogens (tertiary/aromatic N) is 1. The van der Waals surface area contributed by atoms with Crippen molar-refractivity contribution >= 4 is 16.9 Å². The quantitative estimate of drug-likeness (QED) is 0.875. The van der Waals surface area contributed by atoms with Crippen LogP contribution in [-0.2, 0) is 22.4 Å². The van der Waals surface area contributed by atoms with Crippen molar-refractivity contribution in [2.45, 2.75) is 50.5 Å². The molecule has 2 aromatic rings. The molecule has 0 saturated carbocycles. The molecule has 1 spiro atoms. The zero-order valence-electron chi connectivity index (χ0n) is 14.4. The number of methoxy groups -OCH3 is 1. The second-order valence-corrected chi connectivity index (χ2v) is 7.30. The van der Waals surface area contributed by atoms with E-state index in [1.807, 2.05) is 0 Å². The Hall–Kier alpha value is -1.81. The number of rotatable bonds is 4. The van der Waals surface area contributed by atoms with Crippen LogP contribution in [-0.4, -0.2) is 41.6 Å². The maximum absolute atomic E-state index is 11.4. The Labute approximate surface area is 143 Å². The molecule has 24 heavy (non-hydrogen) atoms. The number of ether oxygens (including phenoxy) is 1. The molecule has 1 aliphatic carbocycles. The molecule has 0 bridgehead atoms. The molecule has 128 valence electrons. The zero-order valence-corrected chi connectivity index (χ0v) is 14.4. The second kappa shape index (κ2) is 6.25. The number of benzene rings is 1. The SMILES string of the molecule is COC(=O)CCCN1CCCC12CCc1[nH]c3ccccc3c1C2. The van der Waals surface area contributed by atoms with E-state index in [-0.39, 0.29) is 5.97 Å². The van der Waals surface area contributed by atoms with Gasteiger partial charge in [-0.15, -0.1) is 0 Å². The third-order valence-electron chi connectivity index (χ3n) is 6.03. The summed E-state index contributed by atoms with van der Waals surface area (Å²) in [5.74, 6) is -0.0918. The maximum atomic E-state index is 11.4. The van der Waals surface area contributed by atoms with Crippen LogP contribution in [0.3, 0.4) is 0 Å². The molecule has 2 heterocycles. The lowest BCUT2D eigenvalue weighted by molar-refractivity contribution is -0.140. The fraction of sp³-hybridized carbons (Fsp3) is 0.550. The molecule has 1 fully saturated rings. The van der Waals surface area contributed by atoms with Crippen LogP contribution in [0.2, 0.25) is 0 Å². The number of para-hydroxylation sites is 1. The molecule has 1 N–H and O–H groups in total. The smallest absolute Gasteiger partial charge is 0.305 e. The molecule has 2 aliphatic rings. The minimum Gasteiger partial charge on any atom is -0.469 e. The minimum atomic E-state index is -0.0918. The van der Waals surface area contributed by atoms with Gasteiger partial charge in [-0.1, -0.05) is 18.2 Å². The van der Waals surface area contributed by atoms with E-state index in [0.717, 1.165) is 25.8 Å². The summed E-state index contributed by atoms with van der Waals surface area (Å²) in [4.78, 5) is 17.7. The van der Waals surface area contributed by atoms with Crippen molar-refractivity contribution in [1.82, 2.24) is 9.88 Å². The number of carbonyl (C=O) groups is 1. The van der Waals surface area contributed by atoms with E-state index < -0.39 is 0 Å². The Morgan fingerprint density at radius 2 is 2.21 bits per heavy atom. The molecule has 1 atom stereocenters. The highest BCUT2D eigenvalue weighted by Gasteiger charge is 2.43. The molecule has 1 unspecified atom stereocenters. The van der Waals surface area contributed by atoms with Crippen molar-refractivity contribution < 1.29 is 9.53 Å². The van der Waals surface area contributed by atoms with E-state index in [1.54, 1.807) is 0 Å². The Balaban J connectivity index is 1.53. The maximum Gasteiger partial charge on any atom is 0.305 e. The summed E-state index contributed by atoms with van der Waals surface area (Å²) in [6, 6.07) is 8.68. The summed E-state index contributed by atoms with van der Waals surface area (Å²) in [7, 11) is 1.47. The molecule has 1 saturated heterocycles. The fourth-order valence-electron chi connectivity index (χ4n) is 4.79. The molecule has 1 aromatic carbocycles. The van der Waals surface area contributed by atoms with Gasteiger partial charge in [-0.2, -0.15) is 0 Å². The van der Waals surface area contributed by atoms with Crippen LogP contribution in [0.5, 0.6) is 0 Å². The van der Waals surface area contributed by atoms with E-state index in [4.69, 9.17) is 4.74 Å². The Kier molecular flexibility index (Phi) is 4.09. The summed E-state index contributed by atoms with van der Waals surface area (Å²) < 4.78 is 4.77. The normalized spacial score (nSPS) is 23.7. The van der Waals surface area contributed by atoms with Gasteiger partial charge < -0.3 is 9.72 Å². The first kappa shape index (κ1) is 15.7. The van der Waals surface area contributed by atoms with Gasteiger partial charge in [0.2, 0.25) is 0 Å². The predicted octanol–water partition coefficient (Wildman–Crippen LogP) is 3.44. The van der Waals surface area contributed by atoms with Crippen LogP contribution in [0.25, 0.3) is 10.9 Å². The number of aromatic nitrogens is 1. The number of esters is 1. The monoisotopic (exact) mass is 326 g/mol. The number of hydrogen-bond acceptors (Lipinski definition) is 3. The van der Waals surface area contributed by atoms with Crippen LogP contribution in [0.4, 0.5) is 0 Å². The molecule has 0 amide bonds. The van der Waals surface area contributed by atoms with Gasteiger partial charge in [0.1, 0.15) is 0 Å². The van der Waals surface area contributed by atoms with Crippen molar-refractivity contribution in [1.29, 1.82) is 0 Å². The average molecular weight is 326 g/mol. The molecule has 1 aliphatic heterocycles. The van der Waals surface area contributed by atoms with Gasteiger partial charge in [0.15, 0.2) is 0 Å². The lowest BCUT2D eigenvalue weighted by Crippen LogP contribution is -2.48. The van der Waals surface area contributed by atoms with Gasteiger partial charge >= 0.3 is 5.97 Å². The first-order chi connectivity index (χ1) is 11.7. The second-order valence-electron chi connectivity index (χ2n) is 7.30. The average Bonchev–Trinajstić information content (AvgIpc) is 3.16. The summed E-state index contributed by atoms with van der Waals surface area (Å²) in [5.41, 5.74) is 4.53. The summed E-state index contributed by atoms with van der Waals surface area (Å²) in [6.45, 7) is 2.17. The Morgan fingerprint density at radius 1 is 1.33 bits per heavy atom. The molecule has 4 nitrogen and oxygen atoms in total. The zero-order chi connectivity index (χ0) is 16.6. The molecule has 0 radical (unpaired) electrons. The van der Waals surface area contributed by atoms with Crippen LogP contribution in [0, 0.1) is 0 Å². The number of fused-ring (bicyclic) bond motifs is 3. The number of carbonyl (C=O) groups excluding carboxylic acids is 1. The number of aryl methyl sites for hydroxylation is 1. The van der Waals surface area contributed by atoms with Crippen molar-refractivity contribution in [3.05, 3.63) is 35.5 Å². The number of H-pyrrole nitrogens is 1. The van der Waals surface area contributed by atoms with Gasteiger partial charge in [-0.05, 0) is 63.2 Å². The highest BCUT2D eigenvalue weighted by molar-refractivity contribution is 5.85. The van der Waals surface area contributed by atoms with Gasteiger partial charge in [0.25, 0.3) is 0 Å².